The Morgan fingerprint density at radius 1 is 1.45 bits per heavy atom. The van der Waals surface area contributed by atoms with Gasteiger partial charge in [-0.15, -0.1) is 11.8 Å². The van der Waals surface area contributed by atoms with Crippen LogP contribution in [0.1, 0.15) is 5.69 Å². The summed E-state index contributed by atoms with van der Waals surface area (Å²) in [6.45, 7) is 2.04. The van der Waals surface area contributed by atoms with E-state index in [9.17, 15) is 0 Å². The highest BCUT2D eigenvalue weighted by Gasteiger charge is 2.01. The molecule has 2 nitrogen and oxygen atoms in total. The van der Waals surface area contributed by atoms with Crippen molar-refractivity contribution in [2.45, 2.75) is 11.9 Å². The van der Waals surface area contributed by atoms with Crippen LogP contribution >= 0.6 is 11.8 Å². The third kappa shape index (κ3) is 2.94. The van der Waals surface area contributed by atoms with E-state index in [4.69, 9.17) is 0 Å². The standard InChI is InChI=1S/C7H11N2S.HI/c1-6-4-5-7(10-3)8-9(6)2;/h4-5H,1-3H3;1H/q+1;/p-1. The van der Waals surface area contributed by atoms with Crippen molar-refractivity contribution in [3.63, 3.8) is 0 Å². The Labute approximate surface area is 88.4 Å². The number of halogens is 1. The molecule has 1 heterocycles. The third-order valence-electron chi connectivity index (χ3n) is 1.44. The lowest BCUT2D eigenvalue weighted by Crippen LogP contribution is -3.00. The van der Waals surface area contributed by atoms with Gasteiger partial charge in [-0.2, -0.15) is 0 Å². The lowest BCUT2D eigenvalue weighted by molar-refractivity contribution is -0.739. The molecule has 1 aromatic heterocycles. The molecule has 0 bridgehead atoms. The number of aryl methyl sites for hydroxylation is 2. The van der Waals surface area contributed by atoms with E-state index in [0.717, 1.165) is 5.03 Å². The van der Waals surface area contributed by atoms with E-state index >= 15 is 0 Å². The second kappa shape index (κ2) is 4.92. The molecule has 11 heavy (non-hydrogen) atoms. The Morgan fingerprint density at radius 3 is 2.55 bits per heavy atom. The first-order chi connectivity index (χ1) is 4.74. The Kier molecular flexibility index (Phi) is 4.99. The van der Waals surface area contributed by atoms with Crippen molar-refractivity contribution in [2.24, 2.45) is 7.05 Å². The van der Waals surface area contributed by atoms with E-state index in [2.05, 4.69) is 11.2 Å². The molecule has 4 heteroatoms. The molecule has 0 saturated heterocycles. The molecular formula is C7H11IN2S. The molecule has 0 aliphatic carbocycles. The summed E-state index contributed by atoms with van der Waals surface area (Å²) in [7, 11) is 1.95. The monoisotopic (exact) mass is 282 g/mol. The average molecular weight is 282 g/mol. The zero-order chi connectivity index (χ0) is 7.56. The van der Waals surface area contributed by atoms with Gasteiger partial charge in [-0.05, 0) is 12.3 Å². The number of aromatic nitrogens is 2. The zero-order valence-corrected chi connectivity index (χ0v) is 9.81. The van der Waals surface area contributed by atoms with Gasteiger partial charge in [-0.1, -0.05) is 4.68 Å². The molecule has 0 aromatic carbocycles. The van der Waals surface area contributed by atoms with E-state index in [1.807, 2.05) is 31.0 Å². The number of nitrogens with zero attached hydrogens (tertiary/aromatic N) is 2. The van der Waals surface area contributed by atoms with Gasteiger partial charge in [0.05, 0.1) is 0 Å². The van der Waals surface area contributed by atoms with Gasteiger partial charge in [-0.25, -0.2) is 0 Å². The number of hydrogen-bond acceptors (Lipinski definition) is 2. The van der Waals surface area contributed by atoms with Crippen LogP contribution in [0.25, 0.3) is 0 Å². The molecular weight excluding hydrogens is 271 g/mol. The second-order valence-electron chi connectivity index (χ2n) is 2.14. The third-order valence-corrected chi connectivity index (χ3v) is 2.07. The molecule has 0 radical (unpaired) electrons. The van der Waals surface area contributed by atoms with Crippen LogP contribution in [0.15, 0.2) is 17.2 Å². The lowest BCUT2D eigenvalue weighted by Gasteiger charge is -1.92. The Balaban J connectivity index is 0.000001000. The summed E-state index contributed by atoms with van der Waals surface area (Å²) < 4.78 is 1.88. The quantitative estimate of drug-likeness (QED) is 0.335. The first kappa shape index (κ1) is 11.2. The van der Waals surface area contributed by atoms with Crippen LogP contribution in [-0.2, 0) is 7.05 Å². The van der Waals surface area contributed by atoms with Crippen molar-refractivity contribution in [3.05, 3.63) is 17.8 Å². The van der Waals surface area contributed by atoms with Gasteiger partial charge in [0.15, 0.2) is 12.1 Å². The largest absolute Gasteiger partial charge is 1.00 e. The Bertz CT molecular complexity index is 240. The van der Waals surface area contributed by atoms with Crippen LogP contribution in [0.5, 0.6) is 0 Å². The van der Waals surface area contributed by atoms with E-state index in [1.54, 1.807) is 11.8 Å². The maximum Gasteiger partial charge on any atom is 0.205 e. The summed E-state index contributed by atoms with van der Waals surface area (Å²) in [6, 6.07) is 4.10. The van der Waals surface area contributed by atoms with Crippen LogP contribution in [0.3, 0.4) is 0 Å². The van der Waals surface area contributed by atoms with Crippen molar-refractivity contribution in [1.29, 1.82) is 0 Å². The smallest absolute Gasteiger partial charge is 0.205 e. The van der Waals surface area contributed by atoms with Gasteiger partial charge >= 0.3 is 0 Å². The normalized spacial score (nSPS) is 9.00. The lowest BCUT2D eigenvalue weighted by atomic mass is 10.4. The molecule has 0 fully saturated rings. The van der Waals surface area contributed by atoms with Gasteiger partial charge in [0.1, 0.15) is 0 Å². The number of thioether (sulfide) groups is 1. The molecule has 0 saturated carbocycles. The fourth-order valence-electron chi connectivity index (χ4n) is 0.669. The minimum absolute atomic E-state index is 0. The zero-order valence-electron chi connectivity index (χ0n) is 6.84. The minimum Gasteiger partial charge on any atom is -1.00 e. The molecule has 0 unspecified atom stereocenters. The summed E-state index contributed by atoms with van der Waals surface area (Å²) in [5.41, 5.74) is 1.18. The summed E-state index contributed by atoms with van der Waals surface area (Å²) in [6.07, 6.45) is 2.03. The van der Waals surface area contributed by atoms with Crippen LogP contribution in [-0.4, -0.2) is 11.4 Å². The van der Waals surface area contributed by atoms with Crippen molar-refractivity contribution in [1.82, 2.24) is 5.10 Å². The van der Waals surface area contributed by atoms with Crippen LogP contribution in [0.4, 0.5) is 0 Å². The Morgan fingerprint density at radius 2 is 2.09 bits per heavy atom. The average Bonchev–Trinajstić information content (AvgIpc) is 1.95. The number of rotatable bonds is 1. The predicted molar refractivity (Wildman–Crippen MR) is 41.9 cm³/mol. The summed E-state index contributed by atoms with van der Waals surface area (Å²) in [4.78, 5) is 0. The fourth-order valence-corrected chi connectivity index (χ4v) is 1.08. The maximum atomic E-state index is 4.27. The molecule has 0 amide bonds. The first-order valence-corrected chi connectivity index (χ1v) is 4.34. The molecule has 0 aliphatic rings. The molecule has 1 rings (SSSR count). The SMILES string of the molecule is CSc1ccc(C)[n+](C)n1.[I-]. The van der Waals surface area contributed by atoms with E-state index in [0.29, 0.717) is 0 Å². The molecule has 62 valence electrons. The maximum absolute atomic E-state index is 4.27. The second-order valence-corrected chi connectivity index (χ2v) is 2.97. The fraction of sp³-hybridized carbons (Fsp3) is 0.429. The molecule has 1 aromatic rings. The van der Waals surface area contributed by atoms with E-state index < -0.39 is 0 Å². The van der Waals surface area contributed by atoms with E-state index in [-0.39, 0.29) is 24.0 Å². The molecule has 0 N–H and O–H groups in total. The highest BCUT2D eigenvalue weighted by atomic mass is 127. The summed E-state index contributed by atoms with van der Waals surface area (Å²) in [5.74, 6) is 0. The van der Waals surface area contributed by atoms with E-state index in [1.165, 1.54) is 5.69 Å². The predicted octanol–water partition coefficient (Wildman–Crippen LogP) is -2.06. The van der Waals surface area contributed by atoms with Crippen molar-refractivity contribution >= 4 is 11.8 Å². The molecule has 0 aliphatic heterocycles. The molecule has 0 atom stereocenters. The minimum atomic E-state index is 0. The van der Waals surface area contributed by atoms with Gasteiger partial charge in [-0.3, -0.25) is 0 Å². The van der Waals surface area contributed by atoms with Crippen molar-refractivity contribution < 1.29 is 28.7 Å². The van der Waals surface area contributed by atoms with Crippen LogP contribution < -0.4 is 28.7 Å². The topological polar surface area (TPSA) is 16.8 Å². The summed E-state index contributed by atoms with van der Waals surface area (Å²) in [5, 5.41) is 5.33. The number of hydrogen-bond donors (Lipinski definition) is 0. The van der Waals surface area contributed by atoms with Gasteiger partial charge in [0.25, 0.3) is 0 Å². The van der Waals surface area contributed by atoms with Gasteiger partial charge in [0.2, 0.25) is 5.69 Å². The van der Waals surface area contributed by atoms with Crippen LogP contribution in [0.2, 0.25) is 0 Å². The summed E-state index contributed by atoms with van der Waals surface area (Å²) >= 11 is 1.66. The van der Waals surface area contributed by atoms with Crippen LogP contribution in [0, 0.1) is 6.92 Å². The highest BCUT2D eigenvalue weighted by molar-refractivity contribution is 7.98. The van der Waals surface area contributed by atoms with Gasteiger partial charge in [0, 0.05) is 18.1 Å². The van der Waals surface area contributed by atoms with Crippen molar-refractivity contribution in [3.8, 4) is 0 Å². The first-order valence-electron chi connectivity index (χ1n) is 3.12. The Hall–Kier alpha value is 0.160. The molecule has 0 spiro atoms. The van der Waals surface area contributed by atoms with Crippen molar-refractivity contribution in [2.75, 3.05) is 6.26 Å². The van der Waals surface area contributed by atoms with Gasteiger partial charge < -0.3 is 24.0 Å². The highest BCUT2D eigenvalue weighted by Crippen LogP contribution is 2.07.